The quantitative estimate of drug-likeness (QED) is 0.0415. The van der Waals surface area contributed by atoms with Gasteiger partial charge < -0.3 is 35.4 Å². The smallest absolute Gasteiger partial charge is 0.407 e. The third-order valence-corrected chi connectivity index (χ3v) is 15.3. The fourth-order valence-corrected chi connectivity index (χ4v) is 11.8. The Labute approximate surface area is 428 Å². The Morgan fingerprint density at radius 2 is 1.77 bits per heavy atom. The summed E-state index contributed by atoms with van der Waals surface area (Å²) in [7, 11) is 0. The molecule has 0 aliphatic carbocycles. The average Bonchev–Trinajstić information content (AvgIpc) is 4.09. The monoisotopic (exact) mass is 1020 g/mol. The third kappa shape index (κ3) is 9.22. The molecule has 5 fully saturated rings. The Morgan fingerprint density at radius 3 is 2.56 bits per heavy atom. The molecule has 0 saturated carbocycles. The number of amides is 6. The summed E-state index contributed by atoms with van der Waals surface area (Å²) < 4.78 is 44.5. The number of ether oxygens (including phenoxy) is 2. The van der Waals surface area contributed by atoms with Crippen LogP contribution in [0.15, 0.2) is 60.8 Å². The van der Waals surface area contributed by atoms with Gasteiger partial charge in [-0.3, -0.25) is 44.1 Å². The summed E-state index contributed by atoms with van der Waals surface area (Å²) in [4.78, 5) is 95.2. The van der Waals surface area contributed by atoms with Crippen LogP contribution in [0.3, 0.4) is 0 Å². The van der Waals surface area contributed by atoms with Crippen LogP contribution in [-0.4, -0.2) is 135 Å². The number of aromatic hydroxyl groups is 1. The largest absolute Gasteiger partial charge is 0.508 e. The van der Waals surface area contributed by atoms with E-state index in [0.29, 0.717) is 74.0 Å². The van der Waals surface area contributed by atoms with Gasteiger partial charge in [0.2, 0.25) is 17.7 Å². The van der Waals surface area contributed by atoms with Gasteiger partial charge in [-0.15, -0.1) is 6.42 Å². The Kier molecular flexibility index (Phi) is 12.9. The first kappa shape index (κ1) is 49.1. The molecule has 3 aromatic carbocycles. The summed E-state index contributed by atoms with van der Waals surface area (Å²) in [5.41, 5.74) is 0.669. The predicted octanol–water partition coefficient (Wildman–Crippen LogP) is 5.23. The Hall–Kier alpha value is -8.09. The van der Waals surface area contributed by atoms with Crippen LogP contribution in [0.4, 0.5) is 25.1 Å². The van der Waals surface area contributed by atoms with Crippen molar-refractivity contribution in [1.82, 2.24) is 40.7 Å². The van der Waals surface area contributed by atoms with Crippen molar-refractivity contribution in [3.8, 4) is 35.4 Å². The second-order valence-corrected chi connectivity index (χ2v) is 20.2. The number of rotatable bonds is 14. The number of nitrogens with zero attached hydrogens (tertiary/aromatic N) is 6. The van der Waals surface area contributed by atoms with Crippen molar-refractivity contribution in [2.45, 2.75) is 93.9 Å². The molecule has 3 unspecified atom stereocenters. The van der Waals surface area contributed by atoms with Gasteiger partial charge in [0.25, 0.3) is 11.8 Å². The minimum atomic E-state index is -1.10. The molecule has 5 saturated heterocycles. The van der Waals surface area contributed by atoms with Crippen LogP contribution in [0, 0.1) is 24.0 Å². The molecule has 8 heterocycles. The highest BCUT2D eigenvalue weighted by molar-refractivity contribution is 6.24. The number of halogens is 2. The lowest BCUT2D eigenvalue weighted by atomic mass is 9.94. The summed E-state index contributed by atoms with van der Waals surface area (Å²) in [6.07, 6.45) is 11.6. The number of nitrogens with one attached hydrogen (secondary N) is 4. The number of anilines is 2. The van der Waals surface area contributed by atoms with Gasteiger partial charge in [-0.05, 0) is 93.2 Å². The van der Waals surface area contributed by atoms with Gasteiger partial charge in [0.1, 0.15) is 47.9 Å². The van der Waals surface area contributed by atoms with E-state index in [2.05, 4.69) is 53.5 Å². The van der Waals surface area contributed by atoms with Gasteiger partial charge in [-0.25, -0.2) is 13.6 Å². The third-order valence-electron chi connectivity index (χ3n) is 15.3. The van der Waals surface area contributed by atoms with Gasteiger partial charge >= 0.3 is 12.1 Å². The number of phenols is 1. The highest BCUT2D eigenvalue weighted by Crippen LogP contribution is 2.45. The van der Waals surface area contributed by atoms with Crippen LogP contribution in [0.2, 0.25) is 0 Å². The van der Waals surface area contributed by atoms with Gasteiger partial charge in [-0.2, -0.15) is 9.97 Å². The number of aromatic nitrogens is 3. The SMILES string of the molecule is C#Cc1c(F)ccc2cc(O)cc(-c3ncc4c(N5CC6CCC(C5)N6)nc(OC[C@@]56CC[C@@H](COC(=O)NCCCCC(=O)Nc7ccc8c(c7)C(=O)N(C7CCC(=O)NC7=O)C8=O)N5CC(=C)C6)nc4c3F)c12. The first-order chi connectivity index (χ1) is 36.2. The number of carbonyl (C=O) groups excluding carboxylic acids is 6. The van der Waals surface area contributed by atoms with E-state index < -0.39 is 52.9 Å². The lowest BCUT2D eigenvalue weighted by Crippen LogP contribution is -2.54. The van der Waals surface area contributed by atoms with Crippen LogP contribution in [-0.2, 0) is 19.1 Å². The van der Waals surface area contributed by atoms with Crippen molar-refractivity contribution in [2.75, 3.05) is 49.6 Å². The number of piperidine rings is 1. The van der Waals surface area contributed by atoms with E-state index in [-0.39, 0.29) is 114 Å². The maximum Gasteiger partial charge on any atom is 0.407 e. The number of hydrogen-bond donors (Lipinski definition) is 5. The lowest BCUT2D eigenvalue weighted by Gasteiger charge is -2.35. The van der Waals surface area contributed by atoms with E-state index in [9.17, 15) is 33.9 Å². The Balaban J connectivity index is 0.711. The van der Waals surface area contributed by atoms with E-state index >= 15 is 8.78 Å². The number of phenolic OH excluding ortho intramolecular Hbond substituents is 1. The van der Waals surface area contributed by atoms with Crippen LogP contribution in [0.5, 0.6) is 11.8 Å². The van der Waals surface area contributed by atoms with Crippen LogP contribution in [0.1, 0.15) is 90.5 Å². The molecule has 19 nitrogen and oxygen atoms in total. The van der Waals surface area contributed by atoms with E-state index in [1.807, 2.05) is 0 Å². The van der Waals surface area contributed by atoms with E-state index in [0.717, 1.165) is 23.3 Å². The summed E-state index contributed by atoms with van der Waals surface area (Å²) in [5, 5.41) is 23.0. The predicted molar refractivity (Wildman–Crippen MR) is 269 cm³/mol. The zero-order chi connectivity index (χ0) is 52.3. The van der Waals surface area contributed by atoms with Crippen molar-refractivity contribution in [1.29, 1.82) is 0 Å². The topological polar surface area (TPSA) is 238 Å². The molecule has 5 N–H and O–H groups in total. The van der Waals surface area contributed by atoms with E-state index in [4.69, 9.17) is 20.9 Å². The molecule has 2 aromatic heterocycles. The van der Waals surface area contributed by atoms with Crippen molar-refractivity contribution in [2.24, 2.45) is 0 Å². The van der Waals surface area contributed by atoms with Gasteiger partial charge in [0.15, 0.2) is 5.82 Å². The van der Waals surface area contributed by atoms with Gasteiger partial charge in [0.05, 0.1) is 27.6 Å². The number of terminal acetylenes is 1. The fraction of sp³-hybridized carbons (Fsp3) is 0.389. The van der Waals surface area contributed by atoms with Crippen molar-refractivity contribution < 1.29 is 52.1 Å². The molecular weight excluding hydrogens is 971 g/mol. The molecule has 2 bridgehead atoms. The molecule has 11 rings (SSSR count). The molecule has 0 spiro atoms. The summed E-state index contributed by atoms with van der Waals surface area (Å²) in [5.74, 6) is -1.67. The number of imide groups is 2. The molecule has 21 heteroatoms. The normalized spacial score (nSPS) is 23.1. The zero-order valence-electron chi connectivity index (χ0n) is 40.7. The number of piperazine rings is 1. The second kappa shape index (κ2) is 19.6. The molecule has 6 amide bonds. The summed E-state index contributed by atoms with van der Waals surface area (Å²) >= 11 is 0. The zero-order valence-corrected chi connectivity index (χ0v) is 40.7. The number of hydrogen-bond acceptors (Lipinski definition) is 15. The number of unbranched alkanes of at least 4 members (excludes halogenated alkanes) is 1. The molecule has 0 radical (unpaired) electrons. The number of fused-ring (bicyclic) bond motifs is 6. The minimum absolute atomic E-state index is 0.00124. The second-order valence-electron chi connectivity index (χ2n) is 20.2. The molecule has 6 aliphatic heterocycles. The van der Waals surface area contributed by atoms with Crippen molar-refractivity contribution in [3.63, 3.8) is 0 Å². The number of alkyl carbamates (subject to hydrolysis) is 1. The van der Waals surface area contributed by atoms with Gasteiger partial charge in [-0.1, -0.05) is 24.1 Å². The van der Waals surface area contributed by atoms with Crippen molar-refractivity contribution >= 4 is 68.8 Å². The highest BCUT2D eigenvalue weighted by atomic mass is 19.1. The Morgan fingerprint density at radius 1 is 0.973 bits per heavy atom. The summed E-state index contributed by atoms with van der Waals surface area (Å²) in [6.45, 7) is 6.57. The van der Waals surface area contributed by atoms with Crippen LogP contribution in [0.25, 0.3) is 32.9 Å². The van der Waals surface area contributed by atoms with Crippen molar-refractivity contribution in [3.05, 3.63) is 89.1 Å². The number of pyridine rings is 1. The molecule has 5 aromatic rings. The fourth-order valence-electron chi connectivity index (χ4n) is 11.8. The lowest BCUT2D eigenvalue weighted by molar-refractivity contribution is -0.136. The maximum absolute atomic E-state index is 17.2. The molecule has 386 valence electrons. The molecule has 5 atom stereocenters. The standard InChI is InChI=1S/C54H52F2N10O9/c1-3-35-40(55)12-7-29-18-34(67)20-38(44(29)35)46-45(56)47-39(22-58-46)48(64-24-31-8-9-32(25-64)59-31)63-52(62-47)75-27-54-16-15-33(65(54)23-28(2)21-54)26-74-53(73)57-17-5-4-6-42(68)60-30-10-11-36-37(19-30)51(72)66(50(36)71)41-13-14-43(69)61-49(41)70/h1,7,10-12,18-20,22,31-33,41,59,67H,2,4-6,8-9,13-17,21,23-27H2,(H,57,73)(H,60,68)(H,61,69,70)/t31?,32?,33-,41?,54-/m0/s1. The highest BCUT2D eigenvalue weighted by Gasteiger charge is 2.52. The maximum atomic E-state index is 17.2. The minimum Gasteiger partial charge on any atom is -0.508 e. The first-order valence-corrected chi connectivity index (χ1v) is 25.1. The van der Waals surface area contributed by atoms with Gasteiger partial charge in [0, 0.05) is 80.0 Å². The molecular formula is C54H52F2N10O9. The Bertz CT molecular complexity index is 3320. The average molecular weight is 1020 g/mol. The van der Waals surface area contributed by atoms with Crippen LogP contribution >= 0.6 is 0 Å². The van der Waals surface area contributed by atoms with E-state index in [1.54, 1.807) is 0 Å². The van der Waals surface area contributed by atoms with Crippen LogP contribution < -0.4 is 30.9 Å². The number of carbonyl (C=O) groups is 6. The first-order valence-electron chi connectivity index (χ1n) is 25.1. The number of benzene rings is 3. The van der Waals surface area contributed by atoms with E-state index in [1.165, 1.54) is 48.7 Å². The summed E-state index contributed by atoms with van der Waals surface area (Å²) in [6, 6.07) is 8.85. The molecule has 75 heavy (non-hydrogen) atoms. The molecule has 6 aliphatic rings.